The fraction of sp³-hybridized carbons (Fsp3) is 0.304. The molecule has 0 aliphatic heterocycles. The Hall–Kier alpha value is -3.32. The predicted molar refractivity (Wildman–Crippen MR) is 110 cm³/mol. The van der Waals surface area contributed by atoms with Gasteiger partial charge in [-0.1, -0.05) is 12.8 Å². The molecule has 0 spiro atoms. The normalized spacial score (nSPS) is 12.0. The Morgan fingerprint density at radius 3 is 2.41 bits per heavy atom. The maximum atomic E-state index is 12.3. The average Bonchev–Trinajstić information content (AvgIpc) is 3.16. The molecular weight excluding hydrogens is 368 g/mol. The molecule has 1 aromatic carbocycles. The Labute approximate surface area is 170 Å². The zero-order valence-electron chi connectivity index (χ0n) is 16.7. The van der Waals surface area contributed by atoms with Crippen molar-refractivity contribution in [2.75, 3.05) is 7.05 Å². The zero-order valence-corrected chi connectivity index (χ0v) is 16.7. The molecule has 0 saturated heterocycles. The first kappa shape index (κ1) is 22.0. The third-order valence-corrected chi connectivity index (χ3v) is 4.08. The molecule has 0 bridgehead atoms. The Kier molecular flexibility index (Phi) is 8.24. The SMILES string of the molecule is CCC(=O)[C@@H](NC(=O)c1ccc(C#CC#Cc2ccc(CNC)o2)cc1)[C@@H](C)O. The highest BCUT2D eigenvalue weighted by atomic mass is 16.3. The van der Waals surface area contributed by atoms with Crippen LogP contribution in [0.25, 0.3) is 0 Å². The molecule has 6 heteroatoms. The van der Waals surface area contributed by atoms with E-state index in [1.807, 2.05) is 13.1 Å². The molecule has 0 aliphatic rings. The van der Waals surface area contributed by atoms with Crippen molar-refractivity contribution in [1.29, 1.82) is 0 Å². The van der Waals surface area contributed by atoms with Crippen molar-refractivity contribution in [2.24, 2.45) is 0 Å². The van der Waals surface area contributed by atoms with E-state index in [9.17, 15) is 14.7 Å². The minimum absolute atomic E-state index is 0.218. The number of carbonyl (C=O) groups excluding carboxylic acids is 2. The van der Waals surface area contributed by atoms with Gasteiger partial charge in [0.2, 0.25) is 0 Å². The third kappa shape index (κ3) is 6.65. The number of carbonyl (C=O) groups is 2. The maximum Gasteiger partial charge on any atom is 0.251 e. The van der Waals surface area contributed by atoms with Gasteiger partial charge in [-0.25, -0.2) is 0 Å². The number of aliphatic hydroxyl groups excluding tert-OH is 1. The van der Waals surface area contributed by atoms with Gasteiger partial charge >= 0.3 is 0 Å². The quantitative estimate of drug-likeness (QED) is 0.626. The van der Waals surface area contributed by atoms with Gasteiger partial charge in [-0.15, -0.1) is 0 Å². The number of amides is 1. The van der Waals surface area contributed by atoms with Crippen LogP contribution in [0.15, 0.2) is 40.8 Å². The van der Waals surface area contributed by atoms with E-state index < -0.39 is 18.1 Å². The highest BCUT2D eigenvalue weighted by molar-refractivity contribution is 5.98. The fourth-order valence-corrected chi connectivity index (χ4v) is 2.53. The molecule has 2 aromatic rings. The first-order valence-corrected chi connectivity index (χ1v) is 9.31. The Morgan fingerprint density at radius 2 is 1.79 bits per heavy atom. The lowest BCUT2D eigenvalue weighted by Crippen LogP contribution is -2.47. The lowest BCUT2D eigenvalue weighted by Gasteiger charge is -2.19. The van der Waals surface area contributed by atoms with Gasteiger partial charge in [-0.2, -0.15) is 0 Å². The van der Waals surface area contributed by atoms with E-state index in [1.165, 1.54) is 6.92 Å². The van der Waals surface area contributed by atoms with E-state index in [1.54, 1.807) is 37.3 Å². The van der Waals surface area contributed by atoms with Crippen LogP contribution in [0.2, 0.25) is 0 Å². The van der Waals surface area contributed by atoms with Gasteiger partial charge in [0, 0.05) is 17.5 Å². The average molecular weight is 392 g/mol. The van der Waals surface area contributed by atoms with Crippen LogP contribution in [0.4, 0.5) is 0 Å². The zero-order chi connectivity index (χ0) is 21.2. The van der Waals surface area contributed by atoms with Crippen LogP contribution >= 0.6 is 0 Å². The Bertz CT molecular complexity index is 966. The molecule has 3 N–H and O–H groups in total. The standard InChI is InChI=1S/C23H24N2O4/c1-4-21(27)22(16(2)26)25-23(28)18-11-9-17(10-12-18)7-5-6-8-19-13-14-20(29-19)15-24-3/h9-14,16,22,24,26H,4,15H2,1-3H3,(H,25,28)/t16-,22+/m1/s1. The number of rotatable bonds is 7. The molecule has 1 aromatic heterocycles. The van der Waals surface area contributed by atoms with Crippen molar-refractivity contribution >= 4 is 11.7 Å². The van der Waals surface area contributed by atoms with Gasteiger partial charge in [0.15, 0.2) is 11.5 Å². The van der Waals surface area contributed by atoms with Crippen LogP contribution in [0.3, 0.4) is 0 Å². The van der Waals surface area contributed by atoms with Crippen LogP contribution in [0.1, 0.15) is 47.7 Å². The summed E-state index contributed by atoms with van der Waals surface area (Å²) >= 11 is 0. The number of hydrogen-bond acceptors (Lipinski definition) is 5. The van der Waals surface area contributed by atoms with Crippen molar-refractivity contribution in [1.82, 2.24) is 10.6 Å². The summed E-state index contributed by atoms with van der Waals surface area (Å²) in [4.78, 5) is 24.2. The van der Waals surface area contributed by atoms with Crippen LogP contribution in [-0.4, -0.2) is 36.0 Å². The maximum absolute atomic E-state index is 12.3. The van der Waals surface area contributed by atoms with Crippen LogP contribution in [0, 0.1) is 23.7 Å². The van der Waals surface area contributed by atoms with Crippen LogP contribution in [-0.2, 0) is 11.3 Å². The number of nitrogens with one attached hydrogen (secondary N) is 2. The second kappa shape index (κ2) is 10.9. The van der Waals surface area contributed by atoms with Crippen LogP contribution < -0.4 is 10.6 Å². The van der Waals surface area contributed by atoms with Crippen molar-refractivity contribution in [2.45, 2.75) is 39.0 Å². The number of furan rings is 1. The minimum Gasteiger partial charge on any atom is -0.451 e. The van der Waals surface area contributed by atoms with Gasteiger partial charge in [0.1, 0.15) is 11.8 Å². The van der Waals surface area contributed by atoms with Gasteiger partial charge in [0.05, 0.1) is 12.6 Å². The lowest BCUT2D eigenvalue weighted by molar-refractivity contribution is -0.122. The molecule has 1 heterocycles. The number of hydrogen-bond donors (Lipinski definition) is 3. The monoisotopic (exact) mass is 392 g/mol. The summed E-state index contributed by atoms with van der Waals surface area (Å²) in [7, 11) is 1.84. The number of ketones is 1. The Morgan fingerprint density at radius 1 is 1.10 bits per heavy atom. The second-order valence-corrected chi connectivity index (χ2v) is 6.39. The van der Waals surface area contributed by atoms with Gasteiger partial charge in [-0.3, -0.25) is 9.59 Å². The first-order chi connectivity index (χ1) is 13.9. The summed E-state index contributed by atoms with van der Waals surface area (Å²) in [5, 5.41) is 15.3. The molecule has 2 atom stereocenters. The van der Waals surface area contributed by atoms with Crippen molar-refractivity contribution in [3.63, 3.8) is 0 Å². The van der Waals surface area contributed by atoms with Gasteiger partial charge < -0.3 is 20.2 Å². The lowest BCUT2D eigenvalue weighted by atomic mass is 10.0. The van der Waals surface area contributed by atoms with Gasteiger partial charge in [0.25, 0.3) is 5.91 Å². The third-order valence-electron chi connectivity index (χ3n) is 4.08. The molecular formula is C23H24N2O4. The van der Waals surface area contributed by atoms with Crippen molar-refractivity contribution in [3.05, 3.63) is 59.0 Å². The minimum atomic E-state index is -0.960. The molecule has 0 fully saturated rings. The van der Waals surface area contributed by atoms with E-state index in [4.69, 9.17) is 4.42 Å². The largest absolute Gasteiger partial charge is 0.451 e. The molecule has 6 nitrogen and oxygen atoms in total. The summed E-state index contributed by atoms with van der Waals surface area (Å²) in [6, 6.07) is 9.34. The molecule has 0 radical (unpaired) electrons. The van der Waals surface area contributed by atoms with E-state index in [2.05, 4.69) is 34.3 Å². The highest BCUT2D eigenvalue weighted by Gasteiger charge is 2.24. The molecule has 2 rings (SSSR count). The predicted octanol–water partition coefficient (Wildman–Crippen LogP) is 1.86. The summed E-state index contributed by atoms with van der Waals surface area (Å²) < 4.78 is 5.50. The summed E-state index contributed by atoms with van der Waals surface area (Å²) in [6.07, 6.45) is -0.723. The number of Topliss-reactive ketones (excluding diaryl/α,β-unsaturated/α-hetero) is 1. The summed E-state index contributed by atoms with van der Waals surface area (Å²) in [5.74, 6) is 11.9. The van der Waals surface area contributed by atoms with E-state index in [0.717, 1.165) is 5.76 Å². The first-order valence-electron chi connectivity index (χ1n) is 9.31. The topological polar surface area (TPSA) is 91.6 Å². The number of aliphatic hydroxyl groups is 1. The van der Waals surface area contributed by atoms with E-state index in [0.29, 0.717) is 23.4 Å². The molecule has 0 saturated carbocycles. The van der Waals surface area contributed by atoms with Crippen molar-refractivity contribution < 1.29 is 19.1 Å². The molecule has 0 unspecified atom stereocenters. The van der Waals surface area contributed by atoms with E-state index in [-0.39, 0.29) is 12.2 Å². The fourth-order valence-electron chi connectivity index (χ4n) is 2.53. The van der Waals surface area contributed by atoms with Crippen molar-refractivity contribution in [3.8, 4) is 23.7 Å². The summed E-state index contributed by atoms with van der Waals surface area (Å²) in [6.45, 7) is 3.80. The Balaban J connectivity index is 2.00. The summed E-state index contributed by atoms with van der Waals surface area (Å²) in [5.41, 5.74) is 1.08. The molecule has 0 aliphatic carbocycles. The second-order valence-electron chi connectivity index (χ2n) is 6.39. The molecule has 29 heavy (non-hydrogen) atoms. The highest BCUT2D eigenvalue weighted by Crippen LogP contribution is 2.07. The molecule has 150 valence electrons. The van der Waals surface area contributed by atoms with Gasteiger partial charge in [-0.05, 0) is 68.1 Å². The van der Waals surface area contributed by atoms with Crippen LogP contribution in [0.5, 0.6) is 0 Å². The molecule has 1 amide bonds. The number of benzene rings is 1. The van der Waals surface area contributed by atoms with E-state index >= 15 is 0 Å². The smallest absolute Gasteiger partial charge is 0.251 e.